The third kappa shape index (κ3) is 4.45. The fourth-order valence-electron chi connectivity index (χ4n) is 4.09. The van der Waals surface area contributed by atoms with Gasteiger partial charge in [0.15, 0.2) is 5.16 Å². The van der Waals surface area contributed by atoms with Crippen molar-refractivity contribution in [3.05, 3.63) is 79.9 Å². The minimum absolute atomic E-state index is 0.0835. The average molecular weight is 496 g/mol. The Balaban J connectivity index is 1.47. The number of nitrogens with zero attached hydrogens (tertiary/aromatic N) is 2. The molecule has 0 unspecified atom stereocenters. The molecule has 1 aliphatic rings. The molecule has 2 aromatic heterocycles. The molecule has 0 saturated carbocycles. The fraction of sp³-hybridized carbons (Fsp3) is 0.240. The maximum atomic E-state index is 13.6. The molecular formula is C25H22ClN3O2S2. The van der Waals surface area contributed by atoms with Crippen LogP contribution in [0.3, 0.4) is 0 Å². The van der Waals surface area contributed by atoms with E-state index in [0.29, 0.717) is 21.3 Å². The van der Waals surface area contributed by atoms with E-state index < -0.39 is 0 Å². The molecule has 8 heteroatoms. The molecule has 0 aliphatic heterocycles. The summed E-state index contributed by atoms with van der Waals surface area (Å²) >= 11 is 8.94. The quantitative estimate of drug-likeness (QED) is 0.268. The van der Waals surface area contributed by atoms with Gasteiger partial charge in [0.2, 0.25) is 5.91 Å². The van der Waals surface area contributed by atoms with Gasteiger partial charge in [0.05, 0.1) is 16.8 Å². The monoisotopic (exact) mass is 495 g/mol. The van der Waals surface area contributed by atoms with Crippen molar-refractivity contribution in [2.75, 3.05) is 11.1 Å². The summed E-state index contributed by atoms with van der Waals surface area (Å²) in [5, 5.41) is 4.74. The largest absolute Gasteiger partial charge is 0.325 e. The molecule has 33 heavy (non-hydrogen) atoms. The molecule has 5 rings (SSSR count). The first kappa shape index (κ1) is 22.2. The highest BCUT2D eigenvalue weighted by Gasteiger charge is 2.24. The second-order valence-electron chi connectivity index (χ2n) is 7.94. The van der Waals surface area contributed by atoms with Crippen molar-refractivity contribution >= 4 is 56.5 Å². The Kier molecular flexibility index (Phi) is 6.27. The van der Waals surface area contributed by atoms with Gasteiger partial charge in [0, 0.05) is 15.6 Å². The molecule has 0 bridgehead atoms. The van der Waals surface area contributed by atoms with Gasteiger partial charge in [-0.1, -0.05) is 42.4 Å². The van der Waals surface area contributed by atoms with Gasteiger partial charge >= 0.3 is 0 Å². The van der Waals surface area contributed by atoms with Gasteiger partial charge in [-0.2, -0.15) is 0 Å². The highest BCUT2D eigenvalue weighted by molar-refractivity contribution is 7.99. The number of aryl methyl sites for hydroxylation is 3. The molecule has 0 fully saturated rings. The summed E-state index contributed by atoms with van der Waals surface area (Å²) in [6.07, 6.45) is 3.94. The van der Waals surface area contributed by atoms with Gasteiger partial charge in [-0.25, -0.2) is 4.98 Å². The first-order valence-electron chi connectivity index (χ1n) is 10.9. The van der Waals surface area contributed by atoms with Crippen LogP contribution in [0, 0.1) is 0 Å². The summed E-state index contributed by atoms with van der Waals surface area (Å²) in [6, 6.07) is 15.0. The molecule has 168 valence electrons. The number of benzene rings is 2. The number of carbonyl (C=O) groups excluding carboxylic acids is 1. The molecule has 1 N–H and O–H groups in total. The lowest BCUT2D eigenvalue weighted by molar-refractivity contribution is -0.113. The number of aromatic nitrogens is 2. The predicted molar refractivity (Wildman–Crippen MR) is 137 cm³/mol. The van der Waals surface area contributed by atoms with E-state index in [-0.39, 0.29) is 17.2 Å². The highest BCUT2D eigenvalue weighted by atomic mass is 35.5. The number of halogens is 1. The molecule has 1 amide bonds. The SMILES string of the molecule is CCc1ccc(NC(=O)CSc2nc3sc4c(c3c(=O)n2-c2ccc(Cl)cc2)CCC4)cc1. The molecule has 4 aromatic rings. The molecular weight excluding hydrogens is 474 g/mol. The maximum Gasteiger partial charge on any atom is 0.267 e. The third-order valence-electron chi connectivity index (χ3n) is 5.77. The number of fused-ring (bicyclic) bond motifs is 3. The third-order valence-corrected chi connectivity index (χ3v) is 8.15. The summed E-state index contributed by atoms with van der Waals surface area (Å²) < 4.78 is 1.61. The van der Waals surface area contributed by atoms with E-state index in [2.05, 4.69) is 12.2 Å². The Morgan fingerprint density at radius 2 is 1.91 bits per heavy atom. The van der Waals surface area contributed by atoms with Gasteiger partial charge in [0.1, 0.15) is 4.83 Å². The fourth-order valence-corrected chi connectivity index (χ4v) is 6.33. The number of nitrogens with one attached hydrogen (secondary N) is 1. The van der Waals surface area contributed by atoms with Crippen LogP contribution in [0.1, 0.15) is 29.3 Å². The summed E-state index contributed by atoms with van der Waals surface area (Å²) in [4.78, 5) is 33.1. The van der Waals surface area contributed by atoms with E-state index in [0.717, 1.165) is 41.8 Å². The van der Waals surface area contributed by atoms with Crippen molar-refractivity contribution in [3.8, 4) is 5.69 Å². The molecule has 5 nitrogen and oxygen atoms in total. The van der Waals surface area contributed by atoms with E-state index in [1.165, 1.54) is 22.2 Å². The Morgan fingerprint density at radius 3 is 2.64 bits per heavy atom. The first-order valence-corrected chi connectivity index (χ1v) is 13.1. The average Bonchev–Trinajstić information content (AvgIpc) is 3.40. The Labute approximate surface area is 204 Å². The normalized spacial score (nSPS) is 12.8. The number of carbonyl (C=O) groups is 1. The zero-order chi connectivity index (χ0) is 22.9. The van der Waals surface area contributed by atoms with Crippen LogP contribution in [-0.2, 0) is 24.1 Å². The minimum atomic E-state index is -0.144. The Bertz CT molecular complexity index is 1390. The van der Waals surface area contributed by atoms with Crippen LogP contribution in [-0.4, -0.2) is 21.2 Å². The predicted octanol–water partition coefficient (Wildman–Crippen LogP) is 5.88. The Morgan fingerprint density at radius 1 is 1.15 bits per heavy atom. The second kappa shape index (κ2) is 9.33. The minimum Gasteiger partial charge on any atom is -0.325 e. The van der Waals surface area contributed by atoms with E-state index in [4.69, 9.17) is 16.6 Å². The number of thioether (sulfide) groups is 1. The number of amides is 1. The van der Waals surface area contributed by atoms with Crippen molar-refractivity contribution < 1.29 is 4.79 Å². The maximum absolute atomic E-state index is 13.6. The summed E-state index contributed by atoms with van der Waals surface area (Å²) in [6.45, 7) is 2.09. The lowest BCUT2D eigenvalue weighted by atomic mass is 10.1. The lowest BCUT2D eigenvalue weighted by Crippen LogP contribution is -2.23. The first-order chi connectivity index (χ1) is 16.0. The van der Waals surface area contributed by atoms with Crippen molar-refractivity contribution in [2.24, 2.45) is 0 Å². The van der Waals surface area contributed by atoms with E-state index in [1.807, 2.05) is 36.4 Å². The van der Waals surface area contributed by atoms with Gasteiger partial charge in [0.25, 0.3) is 5.56 Å². The molecule has 0 radical (unpaired) electrons. The van der Waals surface area contributed by atoms with Crippen LogP contribution < -0.4 is 10.9 Å². The number of hydrogen-bond acceptors (Lipinski definition) is 5. The van der Waals surface area contributed by atoms with Crippen molar-refractivity contribution in [1.82, 2.24) is 9.55 Å². The number of rotatable bonds is 6. The molecule has 0 saturated heterocycles. The molecule has 1 aliphatic carbocycles. The van der Waals surface area contributed by atoms with Gasteiger partial charge in [-0.15, -0.1) is 11.3 Å². The molecule has 0 atom stereocenters. The summed E-state index contributed by atoms with van der Waals surface area (Å²) in [5.74, 6) is 0.00141. The van der Waals surface area contributed by atoms with Crippen molar-refractivity contribution in [3.63, 3.8) is 0 Å². The second-order valence-corrected chi connectivity index (χ2v) is 10.4. The molecule has 2 aromatic carbocycles. The summed E-state index contributed by atoms with van der Waals surface area (Å²) in [5.41, 5.74) is 3.72. The molecule has 0 spiro atoms. The van der Waals surface area contributed by atoms with E-state index in [9.17, 15) is 9.59 Å². The number of hydrogen-bond donors (Lipinski definition) is 1. The van der Waals surface area contributed by atoms with Crippen molar-refractivity contribution in [2.45, 2.75) is 37.8 Å². The zero-order valence-corrected chi connectivity index (χ0v) is 20.4. The van der Waals surface area contributed by atoms with Crippen LogP contribution in [0.5, 0.6) is 0 Å². The summed E-state index contributed by atoms with van der Waals surface area (Å²) in [7, 11) is 0. The van der Waals surface area contributed by atoms with Gasteiger partial charge < -0.3 is 5.32 Å². The van der Waals surface area contributed by atoms with E-state index >= 15 is 0 Å². The smallest absolute Gasteiger partial charge is 0.267 e. The number of anilines is 1. The van der Waals surface area contributed by atoms with Gasteiger partial charge in [-0.3, -0.25) is 14.2 Å². The van der Waals surface area contributed by atoms with Crippen LogP contribution in [0.25, 0.3) is 15.9 Å². The van der Waals surface area contributed by atoms with Gasteiger partial charge in [-0.05, 0) is 73.2 Å². The van der Waals surface area contributed by atoms with Crippen LogP contribution >= 0.6 is 34.7 Å². The molecule has 2 heterocycles. The zero-order valence-electron chi connectivity index (χ0n) is 18.1. The standard InChI is InChI=1S/C25H22ClN3O2S2/c1-2-15-6-10-17(11-7-15)27-21(30)14-32-25-28-23-22(19-4-3-5-20(19)33-23)24(31)29(25)18-12-8-16(26)9-13-18/h6-13H,2-5,14H2,1H3,(H,27,30). The number of thiophene rings is 1. The van der Waals surface area contributed by atoms with Crippen LogP contribution in [0.4, 0.5) is 5.69 Å². The highest BCUT2D eigenvalue weighted by Crippen LogP contribution is 2.36. The van der Waals surface area contributed by atoms with Crippen LogP contribution in [0.2, 0.25) is 5.02 Å². The lowest BCUT2D eigenvalue weighted by Gasteiger charge is -2.13. The van der Waals surface area contributed by atoms with Crippen LogP contribution in [0.15, 0.2) is 58.5 Å². The topological polar surface area (TPSA) is 64.0 Å². The van der Waals surface area contributed by atoms with Crippen molar-refractivity contribution in [1.29, 1.82) is 0 Å². The van der Waals surface area contributed by atoms with E-state index in [1.54, 1.807) is 28.0 Å². The Hall–Kier alpha value is -2.61.